The SMILES string of the molecule is C=C(C)[C@@H]1CC[C@]2(NC(CN3CCS(O)(O)CC3)C(F)(F)F)CC[C@]3(C)[C@H](CC[C@@H]4[C@@]5(C)CC=C(C6=CC[C@](CF)(C(=O)O)CC6)C(C)(C)[C@@H]5CC[C@]43C)[C@@H]12. The highest BCUT2D eigenvalue weighted by Crippen LogP contribution is 2.76. The molecule has 1 unspecified atom stereocenters. The van der Waals surface area contributed by atoms with Crippen molar-refractivity contribution < 1.29 is 36.6 Å². The van der Waals surface area contributed by atoms with Crippen molar-refractivity contribution in [2.75, 3.05) is 37.8 Å². The van der Waals surface area contributed by atoms with Gasteiger partial charge in [-0.2, -0.15) is 23.8 Å². The van der Waals surface area contributed by atoms with Crippen LogP contribution in [0.5, 0.6) is 0 Å². The van der Waals surface area contributed by atoms with Crippen molar-refractivity contribution in [2.24, 2.45) is 56.7 Å². The molecule has 0 radical (unpaired) electrons. The zero-order valence-corrected chi connectivity index (χ0v) is 35.0. The fourth-order valence-electron chi connectivity index (χ4n) is 14.8. The average Bonchev–Trinajstić information content (AvgIpc) is 3.48. The maximum atomic E-state index is 15.0. The Labute approximate surface area is 328 Å². The second-order valence-corrected chi connectivity index (χ2v) is 23.2. The number of aliphatic carboxylic acids is 1. The van der Waals surface area contributed by atoms with Crippen molar-refractivity contribution in [1.82, 2.24) is 10.2 Å². The van der Waals surface area contributed by atoms with Crippen molar-refractivity contribution in [1.29, 1.82) is 0 Å². The summed E-state index contributed by atoms with van der Waals surface area (Å²) in [6.07, 6.45) is 9.48. The number of nitrogens with one attached hydrogen (secondary N) is 1. The maximum absolute atomic E-state index is 15.0. The molecule has 1 aliphatic heterocycles. The van der Waals surface area contributed by atoms with Crippen molar-refractivity contribution in [2.45, 2.75) is 136 Å². The lowest BCUT2D eigenvalue weighted by molar-refractivity contribution is -0.225. The van der Waals surface area contributed by atoms with E-state index in [9.17, 15) is 23.4 Å². The van der Waals surface area contributed by atoms with Gasteiger partial charge in [-0.1, -0.05) is 58.9 Å². The topological polar surface area (TPSA) is 93.0 Å². The number of carboxylic acid groups (broad SMARTS) is 1. The van der Waals surface area contributed by atoms with Gasteiger partial charge in [0.25, 0.3) is 0 Å². The Bertz CT molecular complexity index is 1600. The van der Waals surface area contributed by atoms with Crippen LogP contribution >= 0.6 is 10.6 Å². The molecule has 7 rings (SSSR count). The van der Waals surface area contributed by atoms with E-state index in [4.69, 9.17) is 0 Å². The number of rotatable bonds is 8. The van der Waals surface area contributed by atoms with Crippen LogP contribution in [0.2, 0.25) is 0 Å². The average molecular weight is 797 g/mol. The van der Waals surface area contributed by atoms with Gasteiger partial charge in [0.05, 0.1) is 16.9 Å². The summed E-state index contributed by atoms with van der Waals surface area (Å²) >= 11 is 0. The third-order valence-corrected chi connectivity index (χ3v) is 19.8. The lowest BCUT2D eigenvalue weighted by atomic mass is 9.33. The van der Waals surface area contributed by atoms with Crippen LogP contribution in [0.4, 0.5) is 17.6 Å². The minimum Gasteiger partial charge on any atom is -0.481 e. The first-order valence-electron chi connectivity index (χ1n) is 21.1. The Hall–Kier alpha value is -1.40. The van der Waals surface area contributed by atoms with Gasteiger partial charge in [0.15, 0.2) is 0 Å². The normalized spacial score (nSPS) is 45.1. The van der Waals surface area contributed by atoms with Gasteiger partial charge in [-0.05, 0) is 146 Å². The fourth-order valence-corrected chi connectivity index (χ4v) is 16.2. The molecular weight excluding hydrogens is 729 g/mol. The molecule has 4 N–H and O–H groups in total. The first-order chi connectivity index (χ1) is 25.5. The molecule has 7 aliphatic rings. The molecule has 0 aromatic heterocycles. The third kappa shape index (κ3) is 6.53. The van der Waals surface area contributed by atoms with Gasteiger partial charge < -0.3 is 5.11 Å². The predicted molar refractivity (Wildman–Crippen MR) is 213 cm³/mol. The summed E-state index contributed by atoms with van der Waals surface area (Å²) in [6, 6.07) is -1.69. The number of nitrogens with zero attached hydrogens (tertiary/aromatic N) is 1. The van der Waals surface area contributed by atoms with Crippen LogP contribution in [0.1, 0.15) is 119 Å². The van der Waals surface area contributed by atoms with Crippen molar-refractivity contribution in [3.05, 3.63) is 35.5 Å². The van der Waals surface area contributed by atoms with E-state index < -0.39 is 46.4 Å². The van der Waals surface area contributed by atoms with Gasteiger partial charge in [0.2, 0.25) is 0 Å². The van der Waals surface area contributed by atoms with E-state index in [-0.39, 0.29) is 77.0 Å². The van der Waals surface area contributed by atoms with E-state index in [1.807, 2.05) is 6.08 Å². The van der Waals surface area contributed by atoms with E-state index >= 15 is 13.2 Å². The number of fused-ring (bicyclic) bond motifs is 7. The Morgan fingerprint density at radius 2 is 1.64 bits per heavy atom. The van der Waals surface area contributed by atoms with Gasteiger partial charge >= 0.3 is 12.1 Å². The van der Waals surface area contributed by atoms with Crippen molar-refractivity contribution in [3.63, 3.8) is 0 Å². The van der Waals surface area contributed by atoms with Crippen LogP contribution in [0.3, 0.4) is 0 Å². The smallest absolute Gasteiger partial charge is 0.405 e. The predicted octanol–water partition coefficient (Wildman–Crippen LogP) is 10.7. The third-order valence-electron chi connectivity index (χ3n) is 18.1. The van der Waals surface area contributed by atoms with Gasteiger partial charge in [-0.3, -0.25) is 24.1 Å². The molecule has 0 spiro atoms. The molecule has 0 bridgehead atoms. The molecule has 1 saturated heterocycles. The van der Waals surface area contributed by atoms with Crippen LogP contribution in [0.15, 0.2) is 35.5 Å². The molecule has 1 heterocycles. The molecule has 55 heavy (non-hydrogen) atoms. The molecule has 6 nitrogen and oxygen atoms in total. The summed E-state index contributed by atoms with van der Waals surface area (Å²) < 4.78 is 79.3. The van der Waals surface area contributed by atoms with Crippen LogP contribution in [-0.4, -0.2) is 80.7 Å². The molecule has 0 aromatic carbocycles. The Balaban J connectivity index is 1.17. The fraction of sp³-hybridized carbons (Fsp3) is 0.841. The minimum atomic E-state index is -4.43. The lowest BCUT2D eigenvalue weighted by Crippen LogP contribution is -2.70. The highest BCUT2D eigenvalue weighted by molar-refractivity contribution is 8.24. The van der Waals surface area contributed by atoms with E-state index in [1.54, 1.807) is 4.90 Å². The quantitative estimate of drug-likeness (QED) is 0.144. The van der Waals surface area contributed by atoms with Crippen LogP contribution in [0, 0.1) is 56.7 Å². The summed E-state index contributed by atoms with van der Waals surface area (Å²) in [7, 11) is -2.70. The standard InChI is InChI=1S/C44H68F4N2O4S/c1-28(2)30-12-19-43(49-35(44(46,47)48)26-50-22-24-55(53,54)25-23-50)21-20-40(6)32(36(30)43)8-9-34-39(5)15-13-31(38(3,4)33(39)14-16-41(34,40)7)29-10-17-42(27-45,18-11-29)37(51)52/h10,13,30,32-36,49,53-54H,1,8-9,11-12,14-27H2,2-7H3,(H,51,52)/t30-,32+,33-,34+,35?,36+,39-,40+,41+,42-,43-/m0/s1. The first kappa shape index (κ1) is 41.7. The molecule has 0 aromatic rings. The Morgan fingerprint density at radius 1 is 0.945 bits per heavy atom. The highest BCUT2D eigenvalue weighted by Gasteiger charge is 2.71. The van der Waals surface area contributed by atoms with Crippen molar-refractivity contribution in [3.8, 4) is 0 Å². The monoisotopic (exact) mass is 796 g/mol. The van der Waals surface area contributed by atoms with E-state index in [0.717, 1.165) is 50.5 Å². The number of carboxylic acids is 1. The highest BCUT2D eigenvalue weighted by atomic mass is 32.3. The van der Waals surface area contributed by atoms with E-state index in [0.29, 0.717) is 37.5 Å². The number of alkyl halides is 4. The first-order valence-corrected chi connectivity index (χ1v) is 23.0. The zero-order valence-electron chi connectivity index (χ0n) is 34.2. The number of hydrogen-bond acceptors (Lipinski definition) is 5. The van der Waals surface area contributed by atoms with Gasteiger partial charge in [0, 0.05) is 25.2 Å². The molecule has 312 valence electrons. The summed E-state index contributed by atoms with van der Waals surface area (Å²) in [4.78, 5) is 13.8. The van der Waals surface area contributed by atoms with Gasteiger partial charge in [-0.15, -0.1) is 0 Å². The molecule has 11 atom stereocenters. The summed E-state index contributed by atoms with van der Waals surface area (Å²) in [5.74, 6) is 0.609. The maximum Gasteiger partial charge on any atom is 0.405 e. The molecule has 5 fully saturated rings. The summed E-state index contributed by atoms with van der Waals surface area (Å²) in [5, 5.41) is 13.2. The van der Waals surface area contributed by atoms with Crippen molar-refractivity contribution >= 4 is 16.6 Å². The van der Waals surface area contributed by atoms with E-state index in [1.165, 1.54) is 11.1 Å². The number of allylic oxidation sites excluding steroid dienone is 5. The van der Waals surface area contributed by atoms with Gasteiger partial charge in [0.1, 0.15) is 12.7 Å². The Morgan fingerprint density at radius 3 is 2.22 bits per heavy atom. The summed E-state index contributed by atoms with van der Waals surface area (Å²) in [6.45, 7) is 18.3. The van der Waals surface area contributed by atoms with Crippen LogP contribution in [0.25, 0.3) is 0 Å². The molecule has 6 aliphatic carbocycles. The lowest BCUT2D eigenvalue weighted by Gasteiger charge is -2.72. The molecule has 4 saturated carbocycles. The van der Waals surface area contributed by atoms with Crippen LogP contribution < -0.4 is 5.32 Å². The largest absolute Gasteiger partial charge is 0.481 e. The number of carbonyl (C=O) groups is 1. The Kier molecular flexibility index (Phi) is 10.5. The van der Waals surface area contributed by atoms with Crippen LogP contribution in [-0.2, 0) is 4.79 Å². The number of halogens is 4. The second kappa shape index (κ2) is 13.8. The van der Waals surface area contributed by atoms with Gasteiger partial charge in [-0.25, -0.2) is 4.39 Å². The molecule has 11 heteroatoms. The second-order valence-electron chi connectivity index (χ2n) is 20.8. The minimum absolute atomic E-state index is 0.0178. The van der Waals surface area contributed by atoms with E-state index in [2.05, 4.69) is 59.5 Å². The summed E-state index contributed by atoms with van der Waals surface area (Å²) in [5.41, 5.74) is 1.54. The molecule has 0 amide bonds. The number of hydrogen-bond donors (Lipinski definition) is 4. The molecular formula is C44H68F4N2O4S. The zero-order chi connectivity index (χ0) is 40.2.